The summed E-state index contributed by atoms with van der Waals surface area (Å²) in [7, 11) is 1.38. The van der Waals surface area contributed by atoms with Gasteiger partial charge in [0.05, 0.1) is 12.7 Å². The molecule has 0 aliphatic rings. The summed E-state index contributed by atoms with van der Waals surface area (Å²) < 4.78 is 11.8. The van der Waals surface area contributed by atoms with Crippen molar-refractivity contribution in [1.29, 1.82) is 0 Å². The molecule has 0 heterocycles. The zero-order valence-electron chi connectivity index (χ0n) is 14.9. The van der Waals surface area contributed by atoms with E-state index >= 15 is 0 Å². The fourth-order valence-corrected chi connectivity index (χ4v) is 2.98. The van der Waals surface area contributed by atoms with E-state index in [2.05, 4.69) is 40.7 Å². The molecule has 0 saturated carbocycles. The van der Waals surface area contributed by atoms with Crippen LogP contribution in [0.2, 0.25) is 0 Å². The highest BCUT2D eigenvalue weighted by molar-refractivity contribution is 9.10. The third kappa shape index (κ3) is 5.58. The van der Waals surface area contributed by atoms with Crippen LogP contribution in [-0.4, -0.2) is 31.1 Å². The molecule has 25 heavy (non-hydrogen) atoms. The minimum atomic E-state index is -0.340. The Labute approximate surface area is 157 Å². The van der Waals surface area contributed by atoms with E-state index in [4.69, 9.17) is 9.47 Å². The van der Waals surface area contributed by atoms with Crippen molar-refractivity contribution in [2.45, 2.75) is 27.0 Å². The summed E-state index contributed by atoms with van der Waals surface area (Å²) in [5, 5.41) is 0. The third-order valence-electron chi connectivity index (χ3n) is 4.05. The lowest BCUT2D eigenvalue weighted by atomic mass is 10.1. The molecule has 5 heteroatoms. The second-order valence-electron chi connectivity index (χ2n) is 5.69. The SMILES string of the molecule is CCN(CC)Cc1cc(Br)ccc1OCc1cccc(C(=O)OC)c1. The smallest absolute Gasteiger partial charge is 0.337 e. The highest BCUT2D eigenvalue weighted by atomic mass is 79.9. The topological polar surface area (TPSA) is 38.8 Å². The Hall–Kier alpha value is -1.85. The van der Waals surface area contributed by atoms with Crippen molar-refractivity contribution in [3.63, 3.8) is 0 Å². The van der Waals surface area contributed by atoms with Crippen molar-refractivity contribution in [3.05, 3.63) is 63.6 Å². The number of nitrogens with zero attached hydrogens (tertiary/aromatic N) is 1. The van der Waals surface area contributed by atoms with Gasteiger partial charge >= 0.3 is 5.97 Å². The number of benzene rings is 2. The molecule has 0 atom stereocenters. The van der Waals surface area contributed by atoms with Crippen LogP contribution in [0, 0.1) is 0 Å². The average molecular weight is 406 g/mol. The molecule has 0 fully saturated rings. The standard InChI is InChI=1S/C20H24BrNO3/c1-4-22(5-2)13-17-12-18(21)9-10-19(17)25-14-15-7-6-8-16(11-15)20(23)24-3/h6-12H,4-5,13-14H2,1-3H3. The number of hydrogen-bond donors (Lipinski definition) is 0. The van der Waals surface area contributed by atoms with Crippen LogP contribution < -0.4 is 4.74 Å². The molecule has 2 aromatic rings. The van der Waals surface area contributed by atoms with E-state index in [1.807, 2.05) is 24.3 Å². The number of ether oxygens (including phenoxy) is 2. The fourth-order valence-electron chi connectivity index (χ4n) is 2.57. The Kier molecular flexibility index (Phi) is 7.47. The molecule has 0 aliphatic heterocycles. The normalized spacial score (nSPS) is 10.8. The first-order valence-corrected chi connectivity index (χ1v) is 9.17. The van der Waals surface area contributed by atoms with Gasteiger partial charge in [0.15, 0.2) is 0 Å². The van der Waals surface area contributed by atoms with Gasteiger partial charge in [-0.2, -0.15) is 0 Å². The summed E-state index contributed by atoms with van der Waals surface area (Å²) in [5.74, 6) is 0.520. The number of carbonyl (C=O) groups excluding carboxylic acids is 1. The molecule has 0 bridgehead atoms. The summed E-state index contributed by atoms with van der Waals surface area (Å²) >= 11 is 3.53. The zero-order chi connectivity index (χ0) is 18.2. The molecule has 0 saturated heterocycles. The van der Waals surface area contributed by atoms with Crippen LogP contribution in [0.4, 0.5) is 0 Å². The maximum atomic E-state index is 11.6. The quantitative estimate of drug-likeness (QED) is 0.598. The van der Waals surface area contributed by atoms with Crippen molar-refractivity contribution in [2.24, 2.45) is 0 Å². The lowest BCUT2D eigenvalue weighted by Gasteiger charge is -2.20. The first-order chi connectivity index (χ1) is 12.1. The summed E-state index contributed by atoms with van der Waals surface area (Å²) in [4.78, 5) is 14.0. The van der Waals surface area contributed by atoms with Gasteiger partial charge < -0.3 is 9.47 Å². The Morgan fingerprint density at radius 2 is 1.88 bits per heavy atom. The van der Waals surface area contributed by atoms with Gasteiger partial charge in [-0.3, -0.25) is 4.90 Å². The van der Waals surface area contributed by atoms with Gasteiger partial charge in [-0.25, -0.2) is 4.79 Å². The molecule has 0 N–H and O–H groups in total. The van der Waals surface area contributed by atoms with Gasteiger partial charge in [-0.05, 0) is 49.0 Å². The van der Waals surface area contributed by atoms with E-state index in [-0.39, 0.29) is 5.97 Å². The number of methoxy groups -OCH3 is 1. The molecule has 2 rings (SSSR count). The molecule has 0 amide bonds. The Morgan fingerprint density at radius 3 is 2.56 bits per heavy atom. The molecule has 134 valence electrons. The van der Waals surface area contributed by atoms with Crippen LogP contribution in [0.5, 0.6) is 5.75 Å². The molecule has 0 unspecified atom stereocenters. The molecule has 4 nitrogen and oxygen atoms in total. The minimum Gasteiger partial charge on any atom is -0.489 e. The summed E-state index contributed by atoms with van der Waals surface area (Å²) in [6, 6.07) is 13.4. The molecule has 0 aliphatic carbocycles. The molecular formula is C20H24BrNO3. The first-order valence-electron chi connectivity index (χ1n) is 8.38. The molecule has 0 aromatic heterocycles. The van der Waals surface area contributed by atoms with Crippen LogP contribution in [-0.2, 0) is 17.9 Å². The van der Waals surface area contributed by atoms with Gasteiger partial charge in [0.2, 0.25) is 0 Å². The summed E-state index contributed by atoms with van der Waals surface area (Å²) in [5.41, 5.74) is 2.60. The van der Waals surface area contributed by atoms with E-state index in [0.717, 1.165) is 41.0 Å². The van der Waals surface area contributed by atoms with Crippen molar-refractivity contribution in [3.8, 4) is 5.75 Å². The number of carbonyl (C=O) groups is 1. The Balaban J connectivity index is 2.14. The Morgan fingerprint density at radius 1 is 1.12 bits per heavy atom. The lowest BCUT2D eigenvalue weighted by Crippen LogP contribution is -2.22. The number of halogens is 1. The van der Waals surface area contributed by atoms with Gasteiger partial charge in [-0.1, -0.05) is 41.9 Å². The van der Waals surface area contributed by atoms with Gasteiger partial charge in [0.1, 0.15) is 12.4 Å². The van der Waals surface area contributed by atoms with Gasteiger partial charge in [0.25, 0.3) is 0 Å². The predicted octanol–water partition coefficient (Wildman–Crippen LogP) is 4.66. The van der Waals surface area contributed by atoms with Crippen LogP contribution >= 0.6 is 15.9 Å². The predicted molar refractivity (Wildman–Crippen MR) is 103 cm³/mol. The number of hydrogen-bond acceptors (Lipinski definition) is 4. The summed E-state index contributed by atoms with van der Waals surface area (Å²) in [6.45, 7) is 7.52. The summed E-state index contributed by atoms with van der Waals surface area (Å²) in [6.07, 6.45) is 0. The highest BCUT2D eigenvalue weighted by Gasteiger charge is 2.10. The van der Waals surface area contributed by atoms with Gasteiger partial charge in [-0.15, -0.1) is 0 Å². The molecule has 0 spiro atoms. The molecule has 2 aromatic carbocycles. The average Bonchev–Trinajstić information content (AvgIpc) is 2.64. The van der Waals surface area contributed by atoms with Crippen LogP contribution in [0.1, 0.15) is 35.3 Å². The third-order valence-corrected chi connectivity index (χ3v) is 4.55. The second-order valence-corrected chi connectivity index (χ2v) is 6.61. The molecule has 0 radical (unpaired) electrons. The second kappa shape index (κ2) is 9.59. The Bertz CT molecular complexity index is 714. The van der Waals surface area contributed by atoms with Crippen LogP contribution in [0.25, 0.3) is 0 Å². The number of rotatable bonds is 8. The molecular weight excluding hydrogens is 382 g/mol. The van der Waals surface area contributed by atoms with Crippen molar-refractivity contribution < 1.29 is 14.3 Å². The van der Waals surface area contributed by atoms with E-state index in [1.54, 1.807) is 12.1 Å². The van der Waals surface area contributed by atoms with Crippen LogP contribution in [0.15, 0.2) is 46.9 Å². The maximum absolute atomic E-state index is 11.6. The highest BCUT2D eigenvalue weighted by Crippen LogP contribution is 2.25. The minimum absolute atomic E-state index is 0.340. The zero-order valence-corrected chi connectivity index (χ0v) is 16.5. The maximum Gasteiger partial charge on any atom is 0.337 e. The van der Waals surface area contributed by atoms with Crippen LogP contribution in [0.3, 0.4) is 0 Å². The largest absolute Gasteiger partial charge is 0.489 e. The van der Waals surface area contributed by atoms with Crippen molar-refractivity contribution in [1.82, 2.24) is 4.90 Å². The van der Waals surface area contributed by atoms with Crippen molar-refractivity contribution >= 4 is 21.9 Å². The lowest BCUT2D eigenvalue weighted by molar-refractivity contribution is 0.0600. The monoisotopic (exact) mass is 405 g/mol. The van der Waals surface area contributed by atoms with E-state index < -0.39 is 0 Å². The fraction of sp³-hybridized carbons (Fsp3) is 0.350. The number of esters is 1. The van der Waals surface area contributed by atoms with E-state index in [0.29, 0.717) is 12.2 Å². The van der Waals surface area contributed by atoms with E-state index in [9.17, 15) is 4.79 Å². The van der Waals surface area contributed by atoms with Gasteiger partial charge in [0, 0.05) is 16.6 Å². The van der Waals surface area contributed by atoms with E-state index in [1.165, 1.54) is 7.11 Å². The first kappa shape index (κ1) is 19.5. The van der Waals surface area contributed by atoms with Crippen molar-refractivity contribution in [2.75, 3.05) is 20.2 Å².